The van der Waals surface area contributed by atoms with E-state index in [0.717, 1.165) is 62.8 Å². The summed E-state index contributed by atoms with van der Waals surface area (Å²) >= 11 is 0. The van der Waals surface area contributed by atoms with Gasteiger partial charge in [-0.05, 0) is 104 Å². The predicted molar refractivity (Wildman–Crippen MR) is 128 cm³/mol. The van der Waals surface area contributed by atoms with Gasteiger partial charge in [-0.1, -0.05) is 38.1 Å². The Morgan fingerprint density at radius 1 is 1.06 bits per heavy atom. The normalized spacial score (nSPS) is 38.7. The third-order valence-corrected chi connectivity index (χ3v) is 9.95. The molecule has 190 valence electrons. The van der Waals surface area contributed by atoms with Crippen LogP contribution in [0.2, 0.25) is 0 Å². The number of halogens is 3. The van der Waals surface area contributed by atoms with Crippen molar-refractivity contribution in [3.8, 4) is 0 Å². The smallest absolute Gasteiger partial charge is 0.396 e. The zero-order valence-electron chi connectivity index (χ0n) is 20.5. The molecule has 3 saturated carbocycles. The van der Waals surface area contributed by atoms with Crippen LogP contribution < -0.4 is 5.32 Å². The molecule has 0 heterocycles. The Morgan fingerprint density at radius 3 is 2.41 bits per heavy atom. The van der Waals surface area contributed by atoms with Crippen LogP contribution in [0.5, 0.6) is 0 Å². The highest BCUT2D eigenvalue weighted by molar-refractivity contribution is 5.25. The number of allylic oxidation sites excluding steroid dienone is 1. The lowest BCUT2D eigenvalue weighted by Gasteiger charge is -2.56. The number of aliphatic hydroxyl groups is 2. The van der Waals surface area contributed by atoms with Crippen molar-refractivity contribution < 1.29 is 23.4 Å². The summed E-state index contributed by atoms with van der Waals surface area (Å²) in [5.74, 6) is 1.44. The van der Waals surface area contributed by atoms with Gasteiger partial charge in [-0.15, -0.1) is 0 Å². The fraction of sp³-hybridized carbons (Fsp3) is 0.714. The molecular weight excluding hydrogens is 439 g/mol. The van der Waals surface area contributed by atoms with Crippen molar-refractivity contribution in [1.29, 1.82) is 0 Å². The monoisotopic (exact) mass is 479 g/mol. The van der Waals surface area contributed by atoms with E-state index in [4.69, 9.17) is 0 Å². The van der Waals surface area contributed by atoms with Gasteiger partial charge in [0, 0.05) is 13.2 Å². The van der Waals surface area contributed by atoms with Crippen LogP contribution in [0, 0.1) is 34.5 Å². The molecule has 0 saturated heterocycles. The first-order chi connectivity index (χ1) is 16.0. The molecule has 3 aliphatic rings. The molecule has 1 aromatic rings. The van der Waals surface area contributed by atoms with Crippen molar-refractivity contribution in [3.63, 3.8) is 0 Å². The van der Waals surface area contributed by atoms with E-state index in [1.165, 1.54) is 5.57 Å². The van der Waals surface area contributed by atoms with Crippen molar-refractivity contribution >= 4 is 0 Å². The van der Waals surface area contributed by atoms with Gasteiger partial charge in [0.05, 0.1) is 11.7 Å². The summed E-state index contributed by atoms with van der Waals surface area (Å²) in [6, 6.07) is 5.42. The van der Waals surface area contributed by atoms with Crippen LogP contribution in [0.1, 0.15) is 69.9 Å². The Kier molecular flexibility index (Phi) is 7.25. The number of nitrogens with one attached hydrogen (secondary N) is 1. The minimum atomic E-state index is -4.32. The van der Waals surface area contributed by atoms with Gasteiger partial charge in [-0.2, -0.15) is 13.2 Å². The predicted octanol–water partition coefficient (Wildman–Crippen LogP) is 5.95. The molecule has 3 aliphatic carbocycles. The zero-order chi connectivity index (χ0) is 24.7. The van der Waals surface area contributed by atoms with Gasteiger partial charge < -0.3 is 15.5 Å². The van der Waals surface area contributed by atoms with Crippen molar-refractivity contribution in [2.45, 2.75) is 77.6 Å². The molecule has 0 bridgehead atoms. The highest BCUT2D eigenvalue weighted by Crippen LogP contribution is 2.63. The average molecular weight is 480 g/mol. The van der Waals surface area contributed by atoms with Crippen molar-refractivity contribution in [3.05, 3.63) is 47.5 Å². The lowest BCUT2D eigenvalue weighted by Crippen LogP contribution is -2.53. The second kappa shape index (κ2) is 9.59. The molecule has 0 amide bonds. The zero-order valence-corrected chi connectivity index (χ0v) is 20.5. The lowest BCUT2D eigenvalue weighted by molar-refractivity contribution is -0.137. The Hall–Kier alpha value is -1.37. The molecule has 34 heavy (non-hydrogen) atoms. The maximum Gasteiger partial charge on any atom is 0.416 e. The first-order valence-corrected chi connectivity index (χ1v) is 12.8. The third-order valence-electron chi connectivity index (χ3n) is 9.95. The Balaban J connectivity index is 1.52. The topological polar surface area (TPSA) is 52.5 Å². The molecule has 0 spiro atoms. The van der Waals surface area contributed by atoms with Gasteiger partial charge in [0.15, 0.2) is 0 Å². The summed E-state index contributed by atoms with van der Waals surface area (Å²) in [6.45, 7) is 10.5. The number of rotatable bonds is 6. The van der Waals surface area contributed by atoms with Crippen LogP contribution in [0.25, 0.3) is 0 Å². The second-order valence-electron chi connectivity index (χ2n) is 11.6. The van der Waals surface area contributed by atoms with Crippen LogP contribution in [0.4, 0.5) is 13.2 Å². The van der Waals surface area contributed by atoms with Gasteiger partial charge in [0.2, 0.25) is 0 Å². The van der Waals surface area contributed by atoms with Crippen LogP contribution in [0.15, 0.2) is 36.4 Å². The summed E-state index contributed by atoms with van der Waals surface area (Å²) in [5.41, 5.74) is 1.69. The van der Waals surface area contributed by atoms with E-state index in [1.54, 1.807) is 12.1 Å². The Bertz CT molecular complexity index is 869. The molecule has 0 radical (unpaired) electrons. The van der Waals surface area contributed by atoms with Gasteiger partial charge >= 0.3 is 6.18 Å². The minimum Gasteiger partial charge on any atom is -0.396 e. The van der Waals surface area contributed by atoms with Crippen LogP contribution in [0.3, 0.4) is 0 Å². The van der Waals surface area contributed by atoms with E-state index in [2.05, 4.69) is 25.7 Å². The maximum absolute atomic E-state index is 12.9. The Morgan fingerprint density at radius 2 is 1.76 bits per heavy atom. The number of fused-ring (bicyclic) bond motifs is 1. The molecule has 0 aliphatic heterocycles. The molecule has 3 nitrogen and oxygen atoms in total. The van der Waals surface area contributed by atoms with Crippen molar-refractivity contribution in [2.24, 2.45) is 34.5 Å². The van der Waals surface area contributed by atoms with Gasteiger partial charge in [0.1, 0.15) is 0 Å². The van der Waals surface area contributed by atoms with Gasteiger partial charge in [-0.3, -0.25) is 0 Å². The largest absolute Gasteiger partial charge is 0.416 e. The third kappa shape index (κ3) is 4.70. The molecule has 3 fully saturated rings. The van der Waals surface area contributed by atoms with E-state index in [1.807, 2.05) is 0 Å². The summed E-state index contributed by atoms with van der Waals surface area (Å²) in [7, 11) is 0. The van der Waals surface area contributed by atoms with Crippen molar-refractivity contribution in [1.82, 2.24) is 5.32 Å². The maximum atomic E-state index is 12.9. The standard InChI is InChI=1S/C28H40F3NO2/c1-18-4-9-24-23(16-32-15-19-5-7-20(8-6-19)28(29,30)31)25(11-13-26(18,24)2)27(3)12-10-22(34)14-21(27)17-33/h5-8,21-25,32-34H,1,4,9-17H2,2-3H3/t21-,22+,23+,24?,25+,26-,27+/m1/s1. The number of hydrogen-bond donors (Lipinski definition) is 3. The quantitative estimate of drug-likeness (QED) is 0.442. The summed E-state index contributed by atoms with van der Waals surface area (Å²) in [5, 5.41) is 24.1. The highest BCUT2D eigenvalue weighted by Gasteiger charge is 2.56. The number of benzene rings is 1. The molecule has 4 rings (SSSR count). The lowest BCUT2D eigenvalue weighted by atomic mass is 9.49. The highest BCUT2D eigenvalue weighted by atomic mass is 19.4. The van der Waals surface area contributed by atoms with E-state index >= 15 is 0 Å². The molecule has 1 unspecified atom stereocenters. The molecule has 1 aromatic carbocycles. The molecule has 0 aromatic heterocycles. The molecular formula is C28H40F3NO2. The first kappa shape index (κ1) is 25.7. The van der Waals surface area contributed by atoms with Crippen LogP contribution in [-0.2, 0) is 12.7 Å². The molecule has 3 N–H and O–H groups in total. The number of aliphatic hydroxyl groups excluding tert-OH is 2. The minimum absolute atomic E-state index is 0.0278. The summed E-state index contributed by atoms with van der Waals surface area (Å²) in [4.78, 5) is 0. The SMILES string of the molecule is C=C1CCC2[C@H](CNCc3ccc(C(F)(F)F)cc3)[C@@H]([C@@]3(C)CC[C@H](O)C[C@@H]3CO)CC[C@]12C. The van der Waals surface area contributed by atoms with Crippen LogP contribution >= 0.6 is 0 Å². The van der Waals surface area contributed by atoms with Gasteiger partial charge in [0.25, 0.3) is 0 Å². The van der Waals surface area contributed by atoms with Crippen LogP contribution in [-0.4, -0.2) is 29.5 Å². The van der Waals surface area contributed by atoms with E-state index < -0.39 is 11.7 Å². The fourth-order valence-corrected chi connectivity index (χ4v) is 7.66. The first-order valence-electron chi connectivity index (χ1n) is 12.8. The molecule has 7 atom stereocenters. The number of alkyl halides is 3. The average Bonchev–Trinajstić information content (AvgIpc) is 3.10. The molecule has 6 heteroatoms. The van der Waals surface area contributed by atoms with Gasteiger partial charge in [-0.25, -0.2) is 0 Å². The van der Waals surface area contributed by atoms with E-state index in [0.29, 0.717) is 30.7 Å². The summed E-state index contributed by atoms with van der Waals surface area (Å²) < 4.78 is 38.7. The van der Waals surface area contributed by atoms with Crippen molar-refractivity contribution in [2.75, 3.05) is 13.2 Å². The second-order valence-corrected chi connectivity index (χ2v) is 11.6. The Labute approximate surface area is 201 Å². The summed E-state index contributed by atoms with van der Waals surface area (Å²) in [6.07, 6.45) is 2.10. The van der Waals surface area contributed by atoms with E-state index in [-0.39, 0.29) is 29.5 Å². The number of hydrogen-bond acceptors (Lipinski definition) is 3. The van der Waals surface area contributed by atoms with E-state index in [9.17, 15) is 23.4 Å². The fourth-order valence-electron chi connectivity index (χ4n) is 7.66.